The van der Waals surface area contributed by atoms with E-state index in [9.17, 15) is 4.79 Å². The monoisotopic (exact) mass is 366 g/mol. The number of rotatable bonds is 6. The smallest absolute Gasteiger partial charge is 0.242 e. The summed E-state index contributed by atoms with van der Waals surface area (Å²) in [5.41, 5.74) is 0. The first kappa shape index (κ1) is 17.3. The van der Waals surface area contributed by atoms with E-state index in [1.54, 1.807) is 10.9 Å². The van der Waals surface area contributed by atoms with E-state index in [0.717, 1.165) is 18.0 Å². The van der Waals surface area contributed by atoms with Gasteiger partial charge < -0.3 is 0 Å². The minimum Gasteiger partial charge on any atom is -0.284 e. The Balaban J connectivity index is 1.77. The third-order valence-corrected chi connectivity index (χ3v) is 6.06. The average Bonchev–Trinajstić information content (AvgIpc) is 3.27. The maximum absolute atomic E-state index is 13.2. The van der Waals surface area contributed by atoms with Crippen molar-refractivity contribution < 1.29 is 4.79 Å². The lowest BCUT2D eigenvalue weighted by Crippen LogP contribution is -2.45. The molecule has 0 N–H and O–H groups in total. The van der Waals surface area contributed by atoms with E-state index in [2.05, 4.69) is 20.5 Å². The van der Waals surface area contributed by atoms with Crippen molar-refractivity contribution in [1.29, 1.82) is 0 Å². The second-order valence-corrected chi connectivity index (χ2v) is 8.03. The van der Waals surface area contributed by atoms with Crippen LogP contribution in [0.15, 0.2) is 16.7 Å². The predicted octanol–water partition coefficient (Wildman–Crippen LogP) is 3.00. The van der Waals surface area contributed by atoms with Gasteiger partial charge in [0.2, 0.25) is 11.1 Å². The van der Waals surface area contributed by atoms with Crippen LogP contribution in [-0.4, -0.2) is 42.4 Å². The molecule has 1 amide bonds. The average molecular weight is 367 g/mol. The van der Waals surface area contributed by atoms with E-state index < -0.39 is 0 Å². The highest BCUT2D eigenvalue weighted by Gasteiger charge is 2.32. The van der Waals surface area contributed by atoms with Crippen molar-refractivity contribution in [2.45, 2.75) is 68.9 Å². The highest BCUT2D eigenvalue weighted by molar-refractivity contribution is 8.00. The molecule has 0 radical (unpaired) electrons. The largest absolute Gasteiger partial charge is 0.284 e. The van der Waals surface area contributed by atoms with Gasteiger partial charge in [0, 0.05) is 24.2 Å². The van der Waals surface area contributed by atoms with Crippen LogP contribution in [0.1, 0.15) is 46.0 Å². The Bertz CT molecular complexity index is 653. The molecule has 0 bridgehead atoms. The molecule has 1 saturated carbocycles. The molecule has 1 aliphatic carbocycles. The molecule has 1 atom stereocenters. The number of amides is 1. The van der Waals surface area contributed by atoms with Crippen molar-refractivity contribution in [2.24, 2.45) is 0 Å². The summed E-state index contributed by atoms with van der Waals surface area (Å²) in [6.07, 6.45) is 7.47. The number of thiazole rings is 1. The highest BCUT2D eigenvalue weighted by Crippen LogP contribution is 2.32. The summed E-state index contributed by atoms with van der Waals surface area (Å²) in [5.74, 6) is 0.0903. The van der Waals surface area contributed by atoms with Crippen molar-refractivity contribution in [3.05, 3.63) is 11.6 Å². The maximum atomic E-state index is 13.2. The van der Waals surface area contributed by atoms with Gasteiger partial charge in [-0.15, -0.1) is 16.4 Å². The Morgan fingerprint density at radius 2 is 2.25 bits per heavy atom. The summed E-state index contributed by atoms with van der Waals surface area (Å²) in [7, 11) is 0. The second-order valence-electron chi connectivity index (χ2n) is 5.85. The molecule has 9 heteroatoms. The summed E-state index contributed by atoms with van der Waals surface area (Å²) < 4.78 is 1.71. The Hall–Kier alpha value is -1.48. The summed E-state index contributed by atoms with van der Waals surface area (Å²) in [6, 6.07) is 0.252. The first-order valence-corrected chi connectivity index (χ1v) is 10.1. The second kappa shape index (κ2) is 8.06. The van der Waals surface area contributed by atoms with Gasteiger partial charge in [-0.2, -0.15) is 0 Å². The Morgan fingerprint density at radius 1 is 1.46 bits per heavy atom. The van der Waals surface area contributed by atoms with Crippen LogP contribution in [0, 0.1) is 0 Å². The maximum Gasteiger partial charge on any atom is 0.242 e. The number of aryl methyl sites for hydroxylation is 1. The first-order chi connectivity index (χ1) is 11.7. The number of aromatic nitrogens is 5. The minimum atomic E-state index is -0.257. The molecule has 2 aromatic heterocycles. The number of carbonyl (C=O) groups is 1. The molecule has 7 nitrogen and oxygen atoms in total. The van der Waals surface area contributed by atoms with Crippen molar-refractivity contribution in [1.82, 2.24) is 25.2 Å². The number of tetrazole rings is 1. The minimum absolute atomic E-state index is 0.0903. The molecule has 24 heavy (non-hydrogen) atoms. The normalized spacial score (nSPS) is 16.9. The number of nitrogens with zero attached hydrogens (tertiary/aromatic N) is 6. The number of hydrogen-bond acceptors (Lipinski definition) is 7. The van der Waals surface area contributed by atoms with Crippen LogP contribution in [0.25, 0.3) is 0 Å². The van der Waals surface area contributed by atoms with Crippen molar-refractivity contribution in [3.8, 4) is 0 Å². The topological polar surface area (TPSA) is 76.8 Å². The van der Waals surface area contributed by atoms with Crippen LogP contribution >= 0.6 is 23.1 Å². The van der Waals surface area contributed by atoms with Gasteiger partial charge >= 0.3 is 0 Å². The van der Waals surface area contributed by atoms with Gasteiger partial charge in [-0.3, -0.25) is 9.69 Å². The summed E-state index contributed by atoms with van der Waals surface area (Å²) >= 11 is 2.94. The molecule has 130 valence electrons. The van der Waals surface area contributed by atoms with E-state index in [-0.39, 0.29) is 17.2 Å². The summed E-state index contributed by atoms with van der Waals surface area (Å²) in [5, 5.41) is 14.8. The zero-order valence-electron chi connectivity index (χ0n) is 14.0. The Morgan fingerprint density at radius 3 is 2.92 bits per heavy atom. The van der Waals surface area contributed by atoms with Crippen molar-refractivity contribution in [3.63, 3.8) is 0 Å². The van der Waals surface area contributed by atoms with Gasteiger partial charge in [0.15, 0.2) is 5.13 Å². The van der Waals surface area contributed by atoms with Gasteiger partial charge in [-0.25, -0.2) is 9.67 Å². The molecular formula is C15H22N6OS2. The quantitative estimate of drug-likeness (QED) is 0.732. The third-order valence-electron chi connectivity index (χ3n) is 4.23. The highest BCUT2D eigenvalue weighted by atomic mass is 32.2. The molecule has 0 spiro atoms. The lowest BCUT2D eigenvalue weighted by molar-refractivity contribution is -0.118. The molecule has 0 aromatic carbocycles. The van der Waals surface area contributed by atoms with Gasteiger partial charge in [-0.1, -0.05) is 31.0 Å². The number of thioether (sulfide) groups is 1. The molecule has 0 unspecified atom stereocenters. The summed E-state index contributed by atoms with van der Waals surface area (Å²) in [4.78, 5) is 19.5. The van der Waals surface area contributed by atoms with Crippen molar-refractivity contribution in [2.75, 3.05) is 4.90 Å². The van der Waals surface area contributed by atoms with E-state index in [4.69, 9.17) is 0 Å². The number of hydrogen-bond donors (Lipinski definition) is 0. The molecule has 2 aromatic rings. The van der Waals surface area contributed by atoms with Crippen LogP contribution in [0.3, 0.4) is 0 Å². The standard InChI is InChI=1S/C15H22N6OS2/c1-3-20-15(17-18-19-20)24-11(2)13(22)21(14-16-9-10-23-14)12-7-5-4-6-8-12/h9-12H,3-8H2,1-2H3/t11-/m1/s1. The third kappa shape index (κ3) is 3.77. The zero-order chi connectivity index (χ0) is 16.9. The SMILES string of the molecule is CCn1nnnc1S[C@H](C)C(=O)N(c1nccs1)C1CCCCC1. The number of anilines is 1. The van der Waals surface area contributed by atoms with Crippen LogP contribution in [0.5, 0.6) is 0 Å². The van der Waals surface area contributed by atoms with E-state index in [1.807, 2.05) is 24.1 Å². The van der Waals surface area contributed by atoms with Crippen LogP contribution in [-0.2, 0) is 11.3 Å². The summed E-state index contributed by atoms with van der Waals surface area (Å²) in [6.45, 7) is 4.59. The van der Waals surface area contributed by atoms with E-state index in [1.165, 1.54) is 42.4 Å². The molecular weight excluding hydrogens is 344 g/mol. The van der Waals surface area contributed by atoms with Gasteiger partial charge in [0.1, 0.15) is 0 Å². The van der Waals surface area contributed by atoms with Gasteiger partial charge in [-0.05, 0) is 37.1 Å². The predicted molar refractivity (Wildman–Crippen MR) is 95.3 cm³/mol. The molecule has 1 aliphatic rings. The molecule has 3 rings (SSSR count). The molecule has 0 saturated heterocycles. The van der Waals surface area contributed by atoms with E-state index in [0.29, 0.717) is 11.7 Å². The van der Waals surface area contributed by atoms with Crippen LogP contribution in [0.4, 0.5) is 5.13 Å². The fourth-order valence-electron chi connectivity index (χ4n) is 2.99. The fraction of sp³-hybridized carbons (Fsp3) is 0.667. The lowest BCUT2D eigenvalue weighted by atomic mass is 9.94. The first-order valence-electron chi connectivity index (χ1n) is 8.36. The van der Waals surface area contributed by atoms with Crippen molar-refractivity contribution >= 4 is 34.1 Å². The number of carbonyl (C=O) groups excluding carboxylic acids is 1. The molecule has 2 heterocycles. The molecule has 1 fully saturated rings. The Labute approximate surface area is 149 Å². The van der Waals surface area contributed by atoms with Crippen LogP contribution in [0.2, 0.25) is 0 Å². The fourth-order valence-corrected chi connectivity index (χ4v) is 4.61. The van der Waals surface area contributed by atoms with Crippen LogP contribution < -0.4 is 4.90 Å². The zero-order valence-corrected chi connectivity index (χ0v) is 15.6. The Kier molecular flexibility index (Phi) is 5.83. The van der Waals surface area contributed by atoms with Gasteiger partial charge in [0.25, 0.3) is 0 Å². The lowest BCUT2D eigenvalue weighted by Gasteiger charge is -2.33. The van der Waals surface area contributed by atoms with E-state index >= 15 is 0 Å². The molecule has 0 aliphatic heterocycles. The van der Waals surface area contributed by atoms with Gasteiger partial charge in [0.05, 0.1) is 5.25 Å².